The van der Waals surface area contributed by atoms with Gasteiger partial charge in [0.05, 0.1) is 24.4 Å². The van der Waals surface area contributed by atoms with Crippen LogP contribution in [0.25, 0.3) is 22.2 Å². The molecule has 2 N–H and O–H groups in total. The van der Waals surface area contributed by atoms with Crippen LogP contribution < -0.4 is 15.5 Å². The second kappa shape index (κ2) is 11.8. The second-order valence-corrected chi connectivity index (χ2v) is 9.29. The molecule has 0 radical (unpaired) electrons. The van der Waals surface area contributed by atoms with E-state index >= 15 is 0 Å². The molecule has 2 aromatic heterocycles. The van der Waals surface area contributed by atoms with Crippen molar-refractivity contribution in [2.24, 2.45) is 0 Å². The summed E-state index contributed by atoms with van der Waals surface area (Å²) in [5.74, 6) is 0.315. The molecule has 5 rings (SSSR count). The van der Waals surface area contributed by atoms with Gasteiger partial charge in [-0.3, -0.25) is 9.78 Å². The number of nitrogens with one attached hydrogen (secondary N) is 2. The summed E-state index contributed by atoms with van der Waals surface area (Å²) in [6.45, 7) is 4.00. The highest BCUT2D eigenvalue weighted by Gasteiger charge is 2.12. The van der Waals surface area contributed by atoms with E-state index in [0.29, 0.717) is 23.9 Å². The maximum absolute atomic E-state index is 12.3. The normalized spacial score (nSPS) is 13.8. The minimum atomic E-state index is -0.185. The predicted molar refractivity (Wildman–Crippen MR) is 152 cm³/mol. The van der Waals surface area contributed by atoms with Gasteiger partial charge in [0.25, 0.3) is 0 Å². The lowest BCUT2D eigenvalue weighted by Gasteiger charge is -2.28. The van der Waals surface area contributed by atoms with Crippen molar-refractivity contribution in [3.8, 4) is 11.3 Å². The molecule has 1 saturated heterocycles. The SMILES string of the molecule is CN(C)CC=CC(=O)Nc1ccnc(-c2cccc3cnc(Nc4ccc(N5CCOCC5)cc4)nc23)c1. The number of hydrogen-bond acceptors (Lipinski definition) is 8. The van der Waals surface area contributed by atoms with Gasteiger partial charge in [-0.1, -0.05) is 24.3 Å². The quantitative estimate of drug-likeness (QED) is 0.339. The maximum Gasteiger partial charge on any atom is 0.248 e. The number of ether oxygens (including phenoxy) is 1. The first-order chi connectivity index (χ1) is 18.5. The molecule has 4 aromatic rings. The highest BCUT2D eigenvalue weighted by atomic mass is 16.5. The van der Waals surface area contributed by atoms with Crippen LogP contribution in [0.1, 0.15) is 0 Å². The topological polar surface area (TPSA) is 95.5 Å². The number of para-hydroxylation sites is 1. The zero-order valence-electron chi connectivity index (χ0n) is 21.6. The number of anilines is 4. The van der Waals surface area contributed by atoms with E-state index in [1.807, 2.05) is 61.5 Å². The average Bonchev–Trinajstić information content (AvgIpc) is 2.93. The van der Waals surface area contributed by atoms with Gasteiger partial charge in [0.2, 0.25) is 11.9 Å². The first-order valence-electron chi connectivity index (χ1n) is 12.6. The van der Waals surface area contributed by atoms with Crippen LogP contribution in [0, 0.1) is 0 Å². The Bertz CT molecular complexity index is 1430. The summed E-state index contributed by atoms with van der Waals surface area (Å²) in [5, 5.41) is 7.12. The lowest BCUT2D eigenvalue weighted by Crippen LogP contribution is -2.36. The number of nitrogens with zero attached hydrogens (tertiary/aromatic N) is 5. The minimum absolute atomic E-state index is 0.185. The fourth-order valence-corrected chi connectivity index (χ4v) is 4.24. The summed E-state index contributed by atoms with van der Waals surface area (Å²) < 4.78 is 5.45. The zero-order chi connectivity index (χ0) is 26.3. The molecule has 1 amide bonds. The van der Waals surface area contributed by atoms with Crippen LogP contribution in [0.3, 0.4) is 0 Å². The highest BCUT2D eigenvalue weighted by molar-refractivity contribution is 6.00. The third kappa shape index (κ3) is 6.31. The van der Waals surface area contributed by atoms with E-state index in [1.165, 1.54) is 11.8 Å². The second-order valence-electron chi connectivity index (χ2n) is 9.29. The average molecular weight is 510 g/mol. The summed E-state index contributed by atoms with van der Waals surface area (Å²) in [7, 11) is 3.91. The van der Waals surface area contributed by atoms with Crippen LogP contribution in [0.15, 0.2) is 79.1 Å². The number of fused-ring (bicyclic) bond motifs is 1. The van der Waals surface area contributed by atoms with Crippen LogP contribution >= 0.6 is 0 Å². The van der Waals surface area contributed by atoms with Crippen LogP contribution in [0.2, 0.25) is 0 Å². The van der Waals surface area contributed by atoms with Crippen molar-refractivity contribution in [1.82, 2.24) is 19.9 Å². The number of rotatable bonds is 8. The Hall–Kier alpha value is -4.34. The van der Waals surface area contributed by atoms with E-state index in [1.54, 1.807) is 18.5 Å². The highest BCUT2D eigenvalue weighted by Crippen LogP contribution is 2.28. The molecule has 1 aliphatic heterocycles. The molecule has 9 heteroatoms. The van der Waals surface area contributed by atoms with E-state index in [9.17, 15) is 4.79 Å². The third-order valence-electron chi connectivity index (χ3n) is 6.15. The summed E-state index contributed by atoms with van der Waals surface area (Å²) in [5.41, 5.74) is 5.09. The van der Waals surface area contributed by atoms with Crippen LogP contribution in [-0.4, -0.2) is 72.7 Å². The zero-order valence-corrected chi connectivity index (χ0v) is 21.6. The van der Waals surface area contributed by atoms with Crippen LogP contribution in [0.5, 0.6) is 0 Å². The molecule has 1 aliphatic rings. The molecule has 3 heterocycles. The fraction of sp³-hybridized carbons (Fsp3) is 0.241. The van der Waals surface area contributed by atoms with Gasteiger partial charge >= 0.3 is 0 Å². The Morgan fingerprint density at radius 2 is 1.87 bits per heavy atom. The third-order valence-corrected chi connectivity index (χ3v) is 6.15. The van der Waals surface area contributed by atoms with Crippen molar-refractivity contribution in [2.75, 3.05) is 62.5 Å². The van der Waals surface area contributed by atoms with Crippen molar-refractivity contribution in [3.63, 3.8) is 0 Å². The molecule has 0 saturated carbocycles. The molecule has 9 nitrogen and oxygen atoms in total. The van der Waals surface area contributed by atoms with Crippen LogP contribution in [-0.2, 0) is 9.53 Å². The lowest BCUT2D eigenvalue weighted by atomic mass is 10.1. The number of benzene rings is 2. The van der Waals surface area contributed by atoms with Crippen molar-refractivity contribution >= 4 is 39.8 Å². The maximum atomic E-state index is 12.3. The number of carbonyl (C=O) groups excluding carboxylic acids is 1. The molecule has 0 aliphatic carbocycles. The van der Waals surface area contributed by atoms with Crippen LogP contribution in [0.4, 0.5) is 23.0 Å². The lowest BCUT2D eigenvalue weighted by molar-refractivity contribution is -0.111. The number of hydrogen-bond donors (Lipinski definition) is 2. The summed E-state index contributed by atoms with van der Waals surface area (Å²) >= 11 is 0. The van der Waals surface area contributed by atoms with Crippen molar-refractivity contribution in [3.05, 3.63) is 79.1 Å². The van der Waals surface area contributed by atoms with Gasteiger partial charge in [-0.05, 0) is 50.5 Å². The molecule has 1 fully saturated rings. The van der Waals surface area contributed by atoms with Crippen molar-refractivity contribution in [1.29, 1.82) is 0 Å². The van der Waals surface area contributed by atoms with Gasteiger partial charge in [0.1, 0.15) is 0 Å². The standard InChI is InChI=1S/C29H31N7O2/c1-35(2)14-4-7-27(37)32-23-12-13-30-26(19-23)25-6-3-5-21-20-31-29(34-28(21)25)33-22-8-10-24(11-9-22)36-15-17-38-18-16-36/h3-13,19-20H,14-18H2,1-2H3,(H,30,32,37)(H,31,33,34). The number of carbonyl (C=O) groups is 1. The summed E-state index contributed by atoms with van der Waals surface area (Å²) in [4.78, 5) is 30.5. The number of pyridine rings is 1. The summed E-state index contributed by atoms with van der Waals surface area (Å²) in [6, 6.07) is 17.8. The first-order valence-corrected chi connectivity index (χ1v) is 12.6. The van der Waals surface area contributed by atoms with Crippen molar-refractivity contribution in [2.45, 2.75) is 0 Å². The Labute approximate surface area is 222 Å². The first kappa shape index (κ1) is 25.3. The van der Waals surface area contributed by atoms with Gasteiger partial charge in [0.15, 0.2) is 0 Å². The molecule has 38 heavy (non-hydrogen) atoms. The Morgan fingerprint density at radius 3 is 2.66 bits per heavy atom. The van der Waals surface area contributed by atoms with Gasteiger partial charge < -0.3 is 25.2 Å². The number of likely N-dealkylation sites (N-methyl/N-ethyl adjacent to an activating group) is 1. The Kier molecular flexibility index (Phi) is 7.86. The van der Waals surface area contributed by atoms with E-state index in [0.717, 1.165) is 48.5 Å². The van der Waals surface area contributed by atoms with Crippen molar-refractivity contribution < 1.29 is 9.53 Å². The van der Waals surface area contributed by atoms with Gasteiger partial charge in [-0.2, -0.15) is 0 Å². The monoisotopic (exact) mass is 509 g/mol. The largest absolute Gasteiger partial charge is 0.378 e. The van der Waals surface area contributed by atoms with E-state index in [-0.39, 0.29) is 5.91 Å². The number of aromatic nitrogens is 3. The molecule has 194 valence electrons. The van der Waals surface area contributed by atoms with Gasteiger partial charge in [-0.25, -0.2) is 9.97 Å². The molecule has 0 atom stereocenters. The van der Waals surface area contributed by atoms with E-state index < -0.39 is 0 Å². The molecule has 0 bridgehead atoms. The molecule has 2 aromatic carbocycles. The predicted octanol–water partition coefficient (Wildman–Crippen LogP) is 4.33. The van der Waals surface area contributed by atoms with E-state index in [2.05, 4.69) is 37.6 Å². The van der Waals surface area contributed by atoms with E-state index in [4.69, 9.17) is 9.72 Å². The molecular weight excluding hydrogens is 478 g/mol. The smallest absolute Gasteiger partial charge is 0.248 e. The Morgan fingerprint density at radius 1 is 1.05 bits per heavy atom. The summed E-state index contributed by atoms with van der Waals surface area (Å²) in [6.07, 6.45) is 6.85. The molecule has 0 unspecified atom stereocenters. The minimum Gasteiger partial charge on any atom is -0.378 e. The Balaban J connectivity index is 1.35. The molecule has 0 spiro atoms. The fourth-order valence-electron chi connectivity index (χ4n) is 4.24. The van der Waals surface area contributed by atoms with Gasteiger partial charge in [-0.15, -0.1) is 0 Å². The molecular formula is C29H31N7O2. The van der Waals surface area contributed by atoms with Gasteiger partial charge in [0, 0.05) is 66.1 Å². The number of morpholine rings is 1. The number of amides is 1.